The molecule has 110 valence electrons. The minimum Gasteiger partial charge on any atom is -0.330 e. The van der Waals surface area contributed by atoms with Gasteiger partial charge in [0.05, 0.1) is 14.2 Å². The Morgan fingerprint density at radius 3 is 2.80 bits per heavy atom. The molecule has 1 aliphatic heterocycles. The number of carbonyl (C=O) groups excluding carboxylic acids is 1. The lowest BCUT2D eigenvalue weighted by Crippen LogP contribution is -2.63. The number of aryl methyl sites for hydroxylation is 1. The first-order valence-corrected chi connectivity index (χ1v) is 9.02. The zero-order valence-electron chi connectivity index (χ0n) is 11.9. The van der Waals surface area contributed by atoms with Crippen LogP contribution in [0, 0.1) is 6.92 Å². The number of carbonyl (C=O) groups is 1. The summed E-state index contributed by atoms with van der Waals surface area (Å²) in [6.07, 6.45) is 6.11. The van der Waals surface area contributed by atoms with E-state index in [2.05, 4.69) is 26.1 Å². The molecular weight excluding hydrogens is 336 g/mol. The lowest BCUT2D eigenvalue weighted by Gasteiger charge is -2.49. The van der Waals surface area contributed by atoms with Gasteiger partial charge in [-0.25, -0.2) is 0 Å². The van der Waals surface area contributed by atoms with Crippen LogP contribution in [0.1, 0.15) is 47.3 Å². The Bertz CT molecular complexity index is 480. The number of halogens is 1. The Morgan fingerprint density at radius 1 is 1.40 bits per heavy atom. The number of hydrogen-bond donors (Lipinski definition) is 1. The molecule has 1 amide bonds. The highest BCUT2D eigenvalue weighted by Gasteiger charge is 2.42. The van der Waals surface area contributed by atoms with E-state index in [1.54, 1.807) is 11.3 Å². The molecule has 1 saturated carbocycles. The molecule has 0 atom stereocenters. The van der Waals surface area contributed by atoms with E-state index in [1.807, 2.05) is 13.0 Å². The van der Waals surface area contributed by atoms with Crippen molar-refractivity contribution in [2.24, 2.45) is 0 Å². The van der Waals surface area contributed by atoms with Crippen molar-refractivity contribution in [3.8, 4) is 0 Å². The molecule has 1 aliphatic carbocycles. The molecule has 1 N–H and O–H groups in total. The summed E-state index contributed by atoms with van der Waals surface area (Å²) in [7, 11) is 0. The summed E-state index contributed by atoms with van der Waals surface area (Å²) in [5.41, 5.74) is 1.23. The lowest BCUT2D eigenvalue weighted by atomic mass is 9.79. The number of hydrogen-bond acceptors (Lipinski definition) is 3. The second-order valence-electron chi connectivity index (χ2n) is 5.99. The van der Waals surface area contributed by atoms with Crippen LogP contribution in [-0.2, 0) is 0 Å². The highest BCUT2D eigenvalue weighted by Crippen LogP contribution is 2.37. The third-order valence-corrected chi connectivity index (χ3v) is 6.76. The topological polar surface area (TPSA) is 32.3 Å². The van der Waals surface area contributed by atoms with Crippen LogP contribution in [0.5, 0.6) is 0 Å². The Kier molecular flexibility index (Phi) is 4.20. The van der Waals surface area contributed by atoms with Crippen LogP contribution >= 0.6 is 27.3 Å². The maximum Gasteiger partial charge on any atom is 0.264 e. The summed E-state index contributed by atoms with van der Waals surface area (Å²) in [6, 6.07) is 2.02. The SMILES string of the molecule is Cc1cc(C(=O)N2CCNCC23CCCCC3)sc1Br. The van der Waals surface area contributed by atoms with E-state index in [4.69, 9.17) is 0 Å². The van der Waals surface area contributed by atoms with Gasteiger partial charge in [0, 0.05) is 19.6 Å². The lowest BCUT2D eigenvalue weighted by molar-refractivity contribution is 0.0227. The van der Waals surface area contributed by atoms with Crippen LogP contribution in [0.2, 0.25) is 0 Å². The average molecular weight is 357 g/mol. The van der Waals surface area contributed by atoms with Crippen LogP contribution in [0.25, 0.3) is 0 Å². The van der Waals surface area contributed by atoms with E-state index in [9.17, 15) is 4.79 Å². The Hall–Kier alpha value is -0.390. The van der Waals surface area contributed by atoms with Crippen molar-refractivity contribution >= 4 is 33.2 Å². The molecule has 1 spiro atoms. The van der Waals surface area contributed by atoms with Gasteiger partial charge >= 0.3 is 0 Å². The summed E-state index contributed by atoms with van der Waals surface area (Å²) < 4.78 is 1.08. The summed E-state index contributed by atoms with van der Waals surface area (Å²) in [4.78, 5) is 16.0. The van der Waals surface area contributed by atoms with Crippen LogP contribution in [0.3, 0.4) is 0 Å². The smallest absolute Gasteiger partial charge is 0.264 e. The van der Waals surface area contributed by atoms with Gasteiger partial charge in [0.25, 0.3) is 5.91 Å². The maximum atomic E-state index is 12.9. The Balaban J connectivity index is 1.87. The Morgan fingerprint density at radius 2 is 2.15 bits per heavy atom. The first kappa shape index (κ1) is 14.5. The molecule has 3 nitrogen and oxygen atoms in total. The molecule has 1 aromatic heterocycles. The quantitative estimate of drug-likeness (QED) is 0.834. The van der Waals surface area contributed by atoms with Crippen molar-refractivity contribution in [1.82, 2.24) is 10.2 Å². The normalized spacial score (nSPS) is 22.2. The van der Waals surface area contributed by atoms with Gasteiger partial charge in [0.2, 0.25) is 0 Å². The molecule has 5 heteroatoms. The molecule has 20 heavy (non-hydrogen) atoms. The number of rotatable bonds is 1. The van der Waals surface area contributed by atoms with Gasteiger partial charge in [-0.3, -0.25) is 4.79 Å². The van der Waals surface area contributed by atoms with Gasteiger partial charge in [-0.05, 0) is 47.3 Å². The minimum absolute atomic E-state index is 0.0674. The van der Waals surface area contributed by atoms with E-state index in [-0.39, 0.29) is 11.4 Å². The number of piperazine rings is 1. The third-order valence-electron chi connectivity index (χ3n) is 4.64. The third kappa shape index (κ3) is 2.55. The van der Waals surface area contributed by atoms with E-state index in [1.165, 1.54) is 19.3 Å². The van der Waals surface area contributed by atoms with Gasteiger partial charge in [0.1, 0.15) is 0 Å². The fourth-order valence-electron chi connectivity index (χ4n) is 3.52. The number of nitrogens with zero attached hydrogens (tertiary/aromatic N) is 1. The number of nitrogens with one attached hydrogen (secondary N) is 1. The molecular formula is C15H21BrN2OS. The van der Waals surface area contributed by atoms with Crippen molar-refractivity contribution < 1.29 is 4.79 Å². The van der Waals surface area contributed by atoms with Crippen molar-refractivity contribution in [2.75, 3.05) is 19.6 Å². The molecule has 0 radical (unpaired) electrons. The first-order chi connectivity index (χ1) is 9.62. The predicted octanol–water partition coefficient (Wildman–Crippen LogP) is 3.57. The van der Waals surface area contributed by atoms with E-state index in [0.717, 1.165) is 46.7 Å². The molecule has 1 aromatic rings. The Labute approximate surface area is 132 Å². The monoisotopic (exact) mass is 356 g/mol. The molecule has 3 rings (SSSR count). The van der Waals surface area contributed by atoms with Crippen molar-refractivity contribution in [1.29, 1.82) is 0 Å². The molecule has 0 bridgehead atoms. The summed E-state index contributed by atoms with van der Waals surface area (Å²) >= 11 is 5.10. The van der Waals surface area contributed by atoms with Gasteiger partial charge in [-0.1, -0.05) is 19.3 Å². The highest BCUT2D eigenvalue weighted by molar-refractivity contribution is 9.11. The molecule has 1 saturated heterocycles. The van der Waals surface area contributed by atoms with Crippen LogP contribution in [0.4, 0.5) is 0 Å². The second kappa shape index (κ2) is 5.78. The number of thiophene rings is 1. The molecule has 2 aliphatic rings. The van der Waals surface area contributed by atoms with Gasteiger partial charge in [0.15, 0.2) is 0 Å². The van der Waals surface area contributed by atoms with E-state index in [0.29, 0.717) is 0 Å². The number of amides is 1. The summed E-state index contributed by atoms with van der Waals surface area (Å²) in [6.45, 7) is 4.77. The van der Waals surface area contributed by atoms with Gasteiger partial charge < -0.3 is 10.2 Å². The fraction of sp³-hybridized carbons (Fsp3) is 0.667. The largest absolute Gasteiger partial charge is 0.330 e. The van der Waals surface area contributed by atoms with Crippen LogP contribution < -0.4 is 5.32 Å². The maximum absolute atomic E-state index is 12.9. The van der Waals surface area contributed by atoms with Crippen molar-refractivity contribution in [3.63, 3.8) is 0 Å². The predicted molar refractivity (Wildman–Crippen MR) is 86.5 cm³/mol. The first-order valence-electron chi connectivity index (χ1n) is 7.41. The van der Waals surface area contributed by atoms with Gasteiger partial charge in [-0.2, -0.15) is 0 Å². The van der Waals surface area contributed by atoms with Gasteiger partial charge in [-0.15, -0.1) is 11.3 Å². The van der Waals surface area contributed by atoms with E-state index >= 15 is 0 Å². The van der Waals surface area contributed by atoms with Crippen LogP contribution in [-0.4, -0.2) is 36.0 Å². The van der Waals surface area contributed by atoms with Crippen molar-refractivity contribution in [2.45, 2.75) is 44.6 Å². The molecule has 2 fully saturated rings. The summed E-state index contributed by atoms with van der Waals surface area (Å²) in [5, 5.41) is 3.50. The zero-order chi connectivity index (χ0) is 14.2. The standard InChI is InChI=1S/C15H21BrN2OS/c1-11-9-12(20-13(11)16)14(19)18-8-7-17-10-15(18)5-3-2-4-6-15/h9,17H,2-8,10H2,1H3. The zero-order valence-corrected chi connectivity index (χ0v) is 14.3. The fourth-order valence-corrected chi connectivity index (χ4v) is 5.00. The minimum atomic E-state index is 0.0674. The highest BCUT2D eigenvalue weighted by atomic mass is 79.9. The van der Waals surface area contributed by atoms with Crippen LogP contribution in [0.15, 0.2) is 9.85 Å². The molecule has 0 aromatic carbocycles. The molecule has 0 unspecified atom stereocenters. The van der Waals surface area contributed by atoms with E-state index < -0.39 is 0 Å². The molecule has 2 heterocycles. The average Bonchev–Trinajstić information content (AvgIpc) is 2.79. The van der Waals surface area contributed by atoms with Crippen molar-refractivity contribution in [3.05, 3.63) is 20.3 Å². The summed E-state index contributed by atoms with van der Waals surface area (Å²) in [5.74, 6) is 0.229. The second-order valence-corrected chi connectivity index (χ2v) is 8.36.